The molecule has 0 fully saturated rings. The molecule has 0 aliphatic rings. The van der Waals surface area contributed by atoms with Crippen LogP contribution in [0.4, 0.5) is 10.5 Å². The topological polar surface area (TPSA) is 92.5 Å². The van der Waals surface area contributed by atoms with Crippen LogP contribution in [0.25, 0.3) is 0 Å². The van der Waals surface area contributed by atoms with Gasteiger partial charge in [0.25, 0.3) is 5.69 Å². The number of carboxylic acid groups (broad SMARTS) is 1. The van der Waals surface area contributed by atoms with Crippen LogP contribution in [0.15, 0.2) is 18.2 Å². The van der Waals surface area contributed by atoms with Crippen LogP contribution >= 0.6 is 11.6 Å². The summed E-state index contributed by atoms with van der Waals surface area (Å²) in [6.45, 7) is 0.00728. The standard InChI is InChI=1S/C8H7ClN2O4/c9-6-2-1-5(4-10-8(12)13)3-7(6)11(14)15/h1-3,10H,4H2,(H,12,13). The van der Waals surface area contributed by atoms with Crippen LogP contribution in [0.2, 0.25) is 5.02 Å². The van der Waals surface area contributed by atoms with Gasteiger partial charge in [0, 0.05) is 12.6 Å². The summed E-state index contributed by atoms with van der Waals surface area (Å²) in [5.74, 6) is 0. The summed E-state index contributed by atoms with van der Waals surface area (Å²) in [6.07, 6.45) is -1.19. The molecular weight excluding hydrogens is 224 g/mol. The average Bonchev–Trinajstić information content (AvgIpc) is 2.16. The predicted molar refractivity (Wildman–Crippen MR) is 53.0 cm³/mol. The summed E-state index contributed by atoms with van der Waals surface area (Å²) >= 11 is 5.58. The van der Waals surface area contributed by atoms with Gasteiger partial charge in [0.1, 0.15) is 5.02 Å². The predicted octanol–water partition coefficient (Wildman–Crippen LogP) is 2.02. The van der Waals surface area contributed by atoms with Gasteiger partial charge in [-0.2, -0.15) is 0 Å². The summed E-state index contributed by atoms with van der Waals surface area (Å²) in [6, 6.07) is 4.11. The van der Waals surface area contributed by atoms with E-state index in [9.17, 15) is 14.9 Å². The lowest BCUT2D eigenvalue weighted by Gasteiger charge is -2.01. The molecule has 0 bridgehead atoms. The molecule has 0 unspecified atom stereocenters. The van der Waals surface area contributed by atoms with Crippen molar-refractivity contribution in [3.63, 3.8) is 0 Å². The Morgan fingerprint density at radius 1 is 1.60 bits per heavy atom. The number of rotatable bonds is 3. The molecule has 7 heteroatoms. The fourth-order valence-corrected chi connectivity index (χ4v) is 1.17. The number of amides is 1. The van der Waals surface area contributed by atoms with Gasteiger partial charge in [0.2, 0.25) is 0 Å². The third-order valence-electron chi connectivity index (χ3n) is 1.65. The third-order valence-corrected chi connectivity index (χ3v) is 1.97. The minimum atomic E-state index is -1.19. The molecule has 0 saturated carbocycles. The summed E-state index contributed by atoms with van der Waals surface area (Å²) in [5.41, 5.74) is 0.245. The van der Waals surface area contributed by atoms with E-state index in [0.29, 0.717) is 5.56 Å². The van der Waals surface area contributed by atoms with Gasteiger partial charge < -0.3 is 10.4 Å². The smallest absolute Gasteiger partial charge is 0.404 e. The van der Waals surface area contributed by atoms with Gasteiger partial charge in [0.15, 0.2) is 0 Å². The molecule has 15 heavy (non-hydrogen) atoms. The van der Waals surface area contributed by atoms with Crippen molar-refractivity contribution in [2.24, 2.45) is 0 Å². The maximum Gasteiger partial charge on any atom is 0.404 e. The van der Waals surface area contributed by atoms with Crippen LogP contribution in [0.3, 0.4) is 0 Å². The molecule has 2 N–H and O–H groups in total. The zero-order chi connectivity index (χ0) is 11.4. The van der Waals surface area contributed by atoms with Crippen LogP contribution in [0, 0.1) is 10.1 Å². The molecule has 6 nitrogen and oxygen atoms in total. The van der Waals surface area contributed by atoms with E-state index in [1.807, 2.05) is 0 Å². The SMILES string of the molecule is O=C(O)NCc1ccc(Cl)c([N+](=O)[O-])c1. The normalized spacial score (nSPS) is 9.67. The highest BCUT2D eigenvalue weighted by molar-refractivity contribution is 6.32. The Morgan fingerprint density at radius 3 is 2.80 bits per heavy atom. The highest BCUT2D eigenvalue weighted by Gasteiger charge is 2.12. The van der Waals surface area contributed by atoms with Crippen LogP contribution < -0.4 is 5.32 Å². The number of hydrogen-bond donors (Lipinski definition) is 2. The Bertz CT molecular complexity index is 408. The van der Waals surface area contributed by atoms with E-state index in [0.717, 1.165) is 0 Å². The number of carbonyl (C=O) groups is 1. The largest absolute Gasteiger partial charge is 0.465 e. The van der Waals surface area contributed by atoms with E-state index in [4.69, 9.17) is 16.7 Å². The van der Waals surface area contributed by atoms with E-state index in [-0.39, 0.29) is 17.3 Å². The van der Waals surface area contributed by atoms with Crippen molar-refractivity contribution in [3.05, 3.63) is 38.9 Å². The molecule has 1 rings (SSSR count). The Hall–Kier alpha value is -1.82. The number of nitro benzene ring substituents is 1. The fourth-order valence-electron chi connectivity index (χ4n) is 0.986. The van der Waals surface area contributed by atoms with Crippen molar-refractivity contribution in [2.45, 2.75) is 6.54 Å². The van der Waals surface area contributed by atoms with Crippen molar-refractivity contribution < 1.29 is 14.8 Å². The van der Waals surface area contributed by atoms with Crippen molar-refractivity contribution >= 4 is 23.4 Å². The molecule has 0 heterocycles. The van der Waals surface area contributed by atoms with E-state index >= 15 is 0 Å². The second-order valence-corrected chi connectivity index (χ2v) is 3.11. The first-order chi connectivity index (χ1) is 7.00. The monoisotopic (exact) mass is 230 g/mol. The van der Waals surface area contributed by atoms with E-state index in [1.54, 1.807) is 0 Å². The van der Waals surface area contributed by atoms with Gasteiger partial charge in [-0.15, -0.1) is 0 Å². The lowest BCUT2D eigenvalue weighted by Crippen LogP contribution is -2.19. The highest BCUT2D eigenvalue weighted by atomic mass is 35.5. The molecule has 0 aliphatic heterocycles. The summed E-state index contributed by atoms with van der Waals surface area (Å²) in [5, 5.41) is 21.0. The maximum absolute atomic E-state index is 10.5. The van der Waals surface area contributed by atoms with Crippen molar-refractivity contribution in [2.75, 3.05) is 0 Å². The molecule has 0 spiro atoms. The summed E-state index contributed by atoms with van der Waals surface area (Å²) in [4.78, 5) is 20.1. The molecule has 1 aromatic carbocycles. The summed E-state index contributed by atoms with van der Waals surface area (Å²) in [7, 11) is 0. The second-order valence-electron chi connectivity index (χ2n) is 2.70. The lowest BCUT2D eigenvalue weighted by atomic mass is 10.2. The Kier molecular flexibility index (Phi) is 3.46. The van der Waals surface area contributed by atoms with E-state index in [2.05, 4.69) is 5.32 Å². The van der Waals surface area contributed by atoms with Crippen molar-refractivity contribution in [3.8, 4) is 0 Å². The van der Waals surface area contributed by atoms with Gasteiger partial charge in [-0.3, -0.25) is 10.1 Å². The molecular formula is C8H7ClN2O4. The van der Waals surface area contributed by atoms with Gasteiger partial charge in [-0.25, -0.2) is 4.79 Å². The molecule has 0 atom stereocenters. The van der Waals surface area contributed by atoms with E-state index < -0.39 is 11.0 Å². The number of nitro groups is 1. The van der Waals surface area contributed by atoms with Crippen LogP contribution in [0.5, 0.6) is 0 Å². The molecule has 1 aromatic rings. The number of halogens is 1. The van der Waals surface area contributed by atoms with E-state index in [1.165, 1.54) is 18.2 Å². The first-order valence-electron chi connectivity index (χ1n) is 3.90. The molecule has 0 saturated heterocycles. The van der Waals surface area contributed by atoms with Crippen LogP contribution in [0.1, 0.15) is 5.56 Å². The molecule has 80 valence electrons. The van der Waals surface area contributed by atoms with Crippen LogP contribution in [-0.2, 0) is 6.54 Å². The second kappa shape index (κ2) is 4.61. The zero-order valence-electron chi connectivity index (χ0n) is 7.44. The fraction of sp³-hybridized carbons (Fsp3) is 0.125. The van der Waals surface area contributed by atoms with Gasteiger partial charge >= 0.3 is 6.09 Å². The zero-order valence-corrected chi connectivity index (χ0v) is 8.19. The third kappa shape index (κ3) is 3.10. The Balaban J connectivity index is 2.87. The molecule has 0 aliphatic carbocycles. The molecule has 0 radical (unpaired) electrons. The number of benzene rings is 1. The quantitative estimate of drug-likeness (QED) is 0.614. The minimum absolute atomic E-state index is 0.00728. The van der Waals surface area contributed by atoms with Gasteiger partial charge in [0.05, 0.1) is 4.92 Å². The molecule has 1 amide bonds. The van der Waals surface area contributed by atoms with Gasteiger partial charge in [-0.05, 0) is 11.6 Å². The minimum Gasteiger partial charge on any atom is -0.465 e. The Morgan fingerprint density at radius 2 is 2.27 bits per heavy atom. The maximum atomic E-state index is 10.5. The highest BCUT2D eigenvalue weighted by Crippen LogP contribution is 2.24. The average molecular weight is 231 g/mol. The van der Waals surface area contributed by atoms with Gasteiger partial charge in [-0.1, -0.05) is 17.7 Å². The number of nitrogens with one attached hydrogen (secondary N) is 1. The summed E-state index contributed by atoms with van der Waals surface area (Å²) < 4.78 is 0. The Labute approximate surface area is 89.6 Å². The van der Waals surface area contributed by atoms with Crippen LogP contribution in [-0.4, -0.2) is 16.1 Å². The number of nitrogens with zero attached hydrogens (tertiary/aromatic N) is 1. The van der Waals surface area contributed by atoms with Crippen molar-refractivity contribution in [1.29, 1.82) is 0 Å². The first-order valence-corrected chi connectivity index (χ1v) is 4.28. The number of hydrogen-bond acceptors (Lipinski definition) is 3. The first kappa shape index (κ1) is 11.3. The lowest BCUT2D eigenvalue weighted by molar-refractivity contribution is -0.384. The van der Waals surface area contributed by atoms with Crippen molar-refractivity contribution in [1.82, 2.24) is 5.32 Å². The molecule has 0 aromatic heterocycles.